The highest BCUT2D eigenvalue weighted by Crippen LogP contribution is 2.20. The van der Waals surface area contributed by atoms with Crippen LogP contribution in [0, 0.1) is 5.92 Å². The molecule has 0 bridgehead atoms. The van der Waals surface area contributed by atoms with Crippen LogP contribution in [0.15, 0.2) is 0 Å². The van der Waals surface area contributed by atoms with Gasteiger partial charge in [-0.25, -0.2) is 0 Å². The van der Waals surface area contributed by atoms with E-state index in [0.29, 0.717) is 24.5 Å². The number of nitrogens with zero attached hydrogens (tertiary/aromatic N) is 1. The summed E-state index contributed by atoms with van der Waals surface area (Å²) in [7, 11) is 2.04. The van der Waals surface area contributed by atoms with E-state index in [-0.39, 0.29) is 5.91 Å². The molecule has 4 nitrogen and oxygen atoms in total. The molecule has 0 aromatic rings. The number of likely N-dealkylation sites (N-methyl/N-ethyl adjacent to an activating group) is 1. The molecule has 1 aliphatic carbocycles. The second kappa shape index (κ2) is 6.97. The van der Waals surface area contributed by atoms with E-state index < -0.39 is 0 Å². The van der Waals surface area contributed by atoms with Crippen molar-refractivity contribution in [2.75, 3.05) is 20.1 Å². The highest BCUT2D eigenvalue weighted by Gasteiger charge is 2.22. The van der Waals surface area contributed by atoms with Crippen molar-refractivity contribution in [1.29, 1.82) is 0 Å². The predicted molar refractivity (Wildman–Crippen MR) is 70.7 cm³/mol. The zero-order chi connectivity index (χ0) is 12.8. The highest BCUT2D eigenvalue weighted by atomic mass is 16.2. The van der Waals surface area contributed by atoms with E-state index in [9.17, 15) is 4.79 Å². The molecule has 0 aromatic carbocycles. The lowest BCUT2D eigenvalue weighted by molar-refractivity contribution is -0.122. The van der Waals surface area contributed by atoms with Crippen LogP contribution in [0.25, 0.3) is 0 Å². The molecule has 1 saturated carbocycles. The zero-order valence-electron chi connectivity index (χ0n) is 11.4. The summed E-state index contributed by atoms with van der Waals surface area (Å²) in [4.78, 5) is 13.9. The number of nitrogens with one attached hydrogen (secondary N) is 1. The summed E-state index contributed by atoms with van der Waals surface area (Å²) in [6.07, 6.45) is 4.41. The first-order valence-electron chi connectivity index (χ1n) is 6.71. The molecular weight excluding hydrogens is 214 g/mol. The average molecular weight is 241 g/mol. The summed E-state index contributed by atoms with van der Waals surface area (Å²) >= 11 is 0. The number of hydrogen-bond acceptors (Lipinski definition) is 3. The number of rotatable bonds is 5. The predicted octanol–water partition coefficient (Wildman–Crippen LogP) is 0.960. The average Bonchev–Trinajstić information content (AvgIpc) is 2.27. The Balaban J connectivity index is 2.23. The van der Waals surface area contributed by atoms with Crippen LogP contribution in [0.5, 0.6) is 0 Å². The molecule has 4 heteroatoms. The van der Waals surface area contributed by atoms with Crippen LogP contribution in [-0.2, 0) is 4.79 Å². The van der Waals surface area contributed by atoms with E-state index in [0.717, 1.165) is 32.2 Å². The van der Waals surface area contributed by atoms with Crippen LogP contribution in [0.1, 0.15) is 39.5 Å². The van der Waals surface area contributed by atoms with Gasteiger partial charge in [-0.2, -0.15) is 0 Å². The monoisotopic (exact) mass is 241 g/mol. The van der Waals surface area contributed by atoms with Crippen molar-refractivity contribution in [3.05, 3.63) is 0 Å². The van der Waals surface area contributed by atoms with E-state index in [1.54, 1.807) is 0 Å². The van der Waals surface area contributed by atoms with E-state index in [2.05, 4.69) is 24.1 Å². The Kier molecular flexibility index (Phi) is 5.92. The minimum atomic E-state index is 0.135. The molecule has 0 unspecified atom stereocenters. The Morgan fingerprint density at radius 1 is 1.35 bits per heavy atom. The molecule has 0 aromatic heterocycles. The van der Waals surface area contributed by atoms with Gasteiger partial charge in [-0.3, -0.25) is 9.69 Å². The molecule has 100 valence electrons. The lowest BCUT2D eigenvalue weighted by Crippen LogP contribution is -2.44. The number of hydrogen-bond donors (Lipinski definition) is 2. The first-order chi connectivity index (χ1) is 7.99. The van der Waals surface area contributed by atoms with Crippen molar-refractivity contribution in [2.45, 2.75) is 51.6 Å². The number of amides is 1. The van der Waals surface area contributed by atoms with Gasteiger partial charge in [-0.1, -0.05) is 13.8 Å². The van der Waals surface area contributed by atoms with Crippen LogP contribution < -0.4 is 11.1 Å². The fraction of sp³-hybridized carbons (Fsp3) is 0.923. The summed E-state index contributed by atoms with van der Waals surface area (Å²) in [5.41, 5.74) is 5.88. The Morgan fingerprint density at radius 2 is 1.94 bits per heavy atom. The lowest BCUT2D eigenvalue weighted by atomic mass is 9.91. The molecule has 17 heavy (non-hydrogen) atoms. The molecule has 1 rings (SSSR count). The van der Waals surface area contributed by atoms with Crippen molar-refractivity contribution in [3.8, 4) is 0 Å². The zero-order valence-corrected chi connectivity index (χ0v) is 11.4. The van der Waals surface area contributed by atoms with Gasteiger partial charge in [0.05, 0.1) is 6.54 Å². The van der Waals surface area contributed by atoms with Gasteiger partial charge in [0, 0.05) is 18.6 Å². The molecule has 3 N–H and O–H groups in total. The van der Waals surface area contributed by atoms with Gasteiger partial charge < -0.3 is 11.1 Å². The third-order valence-electron chi connectivity index (χ3n) is 3.47. The van der Waals surface area contributed by atoms with Gasteiger partial charge in [0.1, 0.15) is 0 Å². The van der Waals surface area contributed by atoms with Gasteiger partial charge in [-0.15, -0.1) is 0 Å². The summed E-state index contributed by atoms with van der Waals surface area (Å²) in [5, 5.41) is 2.96. The summed E-state index contributed by atoms with van der Waals surface area (Å²) < 4.78 is 0. The van der Waals surface area contributed by atoms with Crippen LogP contribution in [0.2, 0.25) is 0 Å². The molecule has 0 heterocycles. The van der Waals surface area contributed by atoms with Crippen LogP contribution in [-0.4, -0.2) is 43.0 Å². The van der Waals surface area contributed by atoms with Crippen LogP contribution in [0.3, 0.4) is 0 Å². The van der Waals surface area contributed by atoms with Crippen molar-refractivity contribution in [1.82, 2.24) is 10.2 Å². The maximum absolute atomic E-state index is 11.7. The SMILES string of the molecule is CC(C)CNC(=O)CN(C)C1CCC(N)CC1. The second-order valence-electron chi connectivity index (χ2n) is 5.68. The molecule has 0 atom stereocenters. The lowest BCUT2D eigenvalue weighted by Gasteiger charge is -2.33. The number of carbonyl (C=O) groups is 1. The van der Waals surface area contributed by atoms with E-state index in [1.165, 1.54) is 0 Å². The summed E-state index contributed by atoms with van der Waals surface area (Å²) in [6.45, 7) is 5.48. The van der Waals surface area contributed by atoms with Gasteiger partial charge in [0.2, 0.25) is 5.91 Å². The van der Waals surface area contributed by atoms with E-state index in [1.807, 2.05) is 7.05 Å². The third kappa shape index (κ3) is 5.50. The minimum Gasteiger partial charge on any atom is -0.355 e. The molecule has 0 spiro atoms. The molecule has 0 radical (unpaired) electrons. The van der Waals surface area contributed by atoms with Gasteiger partial charge in [-0.05, 0) is 38.6 Å². The van der Waals surface area contributed by atoms with Gasteiger partial charge in [0.15, 0.2) is 0 Å². The largest absolute Gasteiger partial charge is 0.355 e. The third-order valence-corrected chi connectivity index (χ3v) is 3.47. The van der Waals surface area contributed by atoms with Crippen LogP contribution in [0.4, 0.5) is 0 Å². The molecule has 1 aliphatic rings. The summed E-state index contributed by atoms with van der Waals surface area (Å²) in [5.74, 6) is 0.646. The topological polar surface area (TPSA) is 58.4 Å². The van der Waals surface area contributed by atoms with Crippen molar-refractivity contribution >= 4 is 5.91 Å². The first kappa shape index (κ1) is 14.5. The normalized spacial score (nSPS) is 25.3. The second-order valence-corrected chi connectivity index (χ2v) is 5.68. The fourth-order valence-electron chi connectivity index (χ4n) is 2.27. The van der Waals surface area contributed by atoms with Crippen molar-refractivity contribution < 1.29 is 4.79 Å². The quantitative estimate of drug-likeness (QED) is 0.754. The summed E-state index contributed by atoms with van der Waals surface area (Å²) in [6, 6.07) is 0.897. The standard InChI is InChI=1S/C13H27N3O/c1-10(2)8-15-13(17)9-16(3)12-6-4-11(14)5-7-12/h10-12H,4-9,14H2,1-3H3,(H,15,17). The van der Waals surface area contributed by atoms with Crippen molar-refractivity contribution in [2.24, 2.45) is 11.7 Å². The molecule has 0 aliphatic heterocycles. The van der Waals surface area contributed by atoms with Crippen LogP contribution >= 0.6 is 0 Å². The number of carbonyl (C=O) groups excluding carboxylic acids is 1. The fourth-order valence-corrected chi connectivity index (χ4v) is 2.27. The maximum atomic E-state index is 11.7. The minimum absolute atomic E-state index is 0.135. The Hall–Kier alpha value is -0.610. The molecular formula is C13H27N3O. The number of nitrogens with two attached hydrogens (primary N) is 1. The van der Waals surface area contributed by atoms with Crippen molar-refractivity contribution in [3.63, 3.8) is 0 Å². The Labute approximate surface area is 105 Å². The highest BCUT2D eigenvalue weighted by molar-refractivity contribution is 5.77. The smallest absolute Gasteiger partial charge is 0.234 e. The maximum Gasteiger partial charge on any atom is 0.234 e. The van der Waals surface area contributed by atoms with Gasteiger partial charge in [0.25, 0.3) is 0 Å². The van der Waals surface area contributed by atoms with E-state index >= 15 is 0 Å². The molecule has 1 amide bonds. The molecule has 1 fully saturated rings. The first-order valence-corrected chi connectivity index (χ1v) is 6.71. The van der Waals surface area contributed by atoms with Gasteiger partial charge >= 0.3 is 0 Å². The van der Waals surface area contributed by atoms with E-state index in [4.69, 9.17) is 5.73 Å². The molecule has 0 saturated heterocycles. The Bertz CT molecular complexity index is 235. The Morgan fingerprint density at radius 3 is 2.47 bits per heavy atom.